The van der Waals surface area contributed by atoms with E-state index in [1.54, 1.807) is 0 Å². The van der Waals surface area contributed by atoms with Crippen LogP contribution in [-0.2, 0) is 4.57 Å². The van der Waals surface area contributed by atoms with Crippen molar-refractivity contribution in [3.63, 3.8) is 0 Å². The summed E-state index contributed by atoms with van der Waals surface area (Å²) >= 11 is 0. The molecule has 0 aliphatic carbocycles. The van der Waals surface area contributed by atoms with Gasteiger partial charge in [-0.05, 0) is 61.1 Å². The average Bonchev–Trinajstić information content (AvgIpc) is 2.87. The molecule has 0 N–H and O–H groups in total. The molecular formula is C30H19OP. The van der Waals surface area contributed by atoms with Gasteiger partial charge in [0.05, 0.1) is 5.30 Å². The Morgan fingerprint density at radius 3 is 1.94 bits per heavy atom. The summed E-state index contributed by atoms with van der Waals surface area (Å²) in [6.45, 7) is 0. The van der Waals surface area contributed by atoms with Crippen LogP contribution in [0.3, 0.4) is 0 Å². The van der Waals surface area contributed by atoms with Crippen molar-refractivity contribution < 1.29 is 4.57 Å². The third-order valence-electron chi connectivity index (χ3n) is 6.23. The molecule has 0 fully saturated rings. The van der Waals surface area contributed by atoms with Gasteiger partial charge in [0.15, 0.2) is 8.46 Å². The molecule has 32 heavy (non-hydrogen) atoms. The Labute approximate surface area is 188 Å². The highest BCUT2D eigenvalue weighted by Gasteiger charge is 2.18. The molecule has 0 saturated heterocycles. The molecule has 0 aliphatic rings. The Balaban J connectivity index is 1.74. The lowest BCUT2D eigenvalue weighted by Gasteiger charge is -2.17. The van der Waals surface area contributed by atoms with Crippen molar-refractivity contribution in [2.75, 3.05) is 0 Å². The van der Waals surface area contributed by atoms with Crippen LogP contribution in [0.15, 0.2) is 115 Å². The van der Waals surface area contributed by atoms with Gasteiger partial charge in [-0.1, -0.05) is 103 Å². The molecule has 0 heterocycles. The summed E-state index contributed by atoms with van der Waals surface area (Å²) in [5, 5.41) is 7.82. The summed E-state index contributed by atoms with van der Waals surface area (Å²) in [5.41, 5.74) is 4.24. The first-order valence-corrected chi connectivity index (χ1v) is 11.5. The minimum atomic E-state index is 0.0153. The number of benzene rings is 6. The summed E-state index contributed by atoms with van der Waals surface area (Å²) in [7, 11) is 0.0153. The van der Waals surface area contributed by atoms with Crippen molar-refractivity contribution in [2.24, 2.45) is 0 Å². The van der Waals surface area contributed by atoms with Gasteiger partial charge in [-0.25, -0.2) is 0 Å². The van der Waals surface area contributed by atoms with Crippen molar-refractivity contribution in [1.29, 1.82) is 0 Å². The summed E-state index contributed by atoms with van der Waals surface area (Å²) in [6, 6.07) is 40.1. The molecule has 0 atom stereocenters. The lowest BCUT2D eigenvalue weighted by molar-refractivity contribution is 0.603. The Morgan fingerprint density at radius 2 is 1.12 bits per heavy atom. The number of hydrogen-bond acceptors (Lipinski definition) is 1. The molecule has 0 radical (unpaired) electrons. The Kier molecular flexibility index (Phi) is 4.56. The molecule has 0 saturated carbocycles. The fourth-order valence-corrected chi connectivity index (χ4v) is 5.35. The van der Waals surface area contributed by atoms with Gasteiger partial charge in [0.25, 0.3) is 0 Å². The van der Waals surface area contributed by atoms with E-state index in [2.05, 4.69) is 115 Å². The van der Waals surface area contributed by atoms with E-state index in [1.165, 1.54) is 21.5 Å². The van der Waals surface area contributed by atoms with Gasteiger partial charge >= 0.3 is 0 Å². The zero-order chi connectivity index (χ0) is 21.5. The molecule has 6 aromatic carbocycles. The van der Waals surface area contributed by atoms with Crippen LogP contribution in [0.25, 0.3) is 54.6 Å². The predicted molar refractivity (Wildman–Crippen MR) is 137 cm³/mol. The molecule has 2 heteroatoms. The second-order valence-electron chi connectivity index (χ2n) is 8.05. The Bertz CT molecular complexity index is 1640. The molecule has 1 nitrogen and oxygen atoms in total. The van der Waals surface area contributed by atoms with Gasteiger partial charge in [-0.3, -0.25) is 4.57 Å². The van der Waals surface area contributed by atoms with Crippen molar-refractivity contribution in [3.8, 4) is 22.3 Å². The van der Waals surface area contributed by atoms with Crippen LogP contribution in [-0.4, -0.2) is 0 Å². The average molecular weight is 426 g/mol. The van der Waals surface area contributed by atoms with Crippen molar-refractivity contribution in [3.05, 3.63) is 115 Å². The predicted octanol–water partition coefficient (Wildman–Crippen LogP) is 8.40. The molecule has 0 aliphatic heterocycles. The zero-order valence-electron chi connectivity index (χ0n) is 17.3. The van der Waals surface area contributed by atoms with E-state index < -0.39 is 0 Å². The highest BCUT2D eigenvalue weighted by molar-refractivity contribution is 7.35. The molecule has 0 spiro atoms. The van der Waals surface area contributed by atoms with E-state index in [0.29, 0.717) is 0 Å². The Hall–Kier alpha value is -3.80. The largest absolute Gasteiger partial charge is 0.269 e. The van der Waals surface area contributed by atoms with Crippen LogP contribution in [0.5, 0.6) is 0 Å². The standard InChI is InChI=1S/C30H19OP/c31-32-30-28(24-17-16-20-8-1-2-10-22(20)18-24)19-23-11-4-6-14-26(23)29(30)27-15-7-12-21-9-3-5-13-25(21)27/h1-19H. The number of fused-ring (bicyclic) bond motifs is 3. The Morgan fingerprint density at radius 1 is 0.469 bits per heavy atom. The third-order valence-corrected chi connectivity index (χ3v) is 6.88. The van der Waals surface area contributed by atoms with Gasteiger partial charge < -0.3 is 0 Å². The number of hydrogen-bond donors (Lipinski definition) is 0. The van der Waals surface area contributed by atoms with Crippen molar-refractivity contribution in [1.82, 2.24) is 0 Å². The SMILES string of the molecule is O=Pc1c(-c2ccc3ccccc3c2)cc2ccccc2c1-c1cccc2ccccc12. The summed E-state index contributed by atoms with van der Waals surface area (Å²) in [4.78, 5) is 0. The molecule has 0 aromatic heterocycles. The molecule has 0 bridgehead atoms. The minimum absolute atomic E-state index is 0.0153. The molecule has 0 unspecified atom stereocenters. The highest BCUT2D eigenvalue weighted by atomic mass is 31.1. The molecule has 6 aromatic rings. The smallest absolute Gasteiger partial charge is 0.193 e. The molecule has 6 rings (SSSR count). The second-order valence-corrected chi connectivity index (χ2v) is 8.68. The first-order valence-electron chi connectivity index (χ1n) is 10.7. The first-order chi connectivity index (χ1) is 15.8. The minimum Gasteiger partial charge on any atom is -0.269 e. The van der Waals surface area contributed by atoms with E-state index in [-0.39, 0.29) is 8.46 Å². The molecular weight excluding hydrogens is 407 g/mol. The number of rotatable bonds is 3. The first kappa shape index (κ1) is 18.9. The van der Waals surface area contributed by atoms with Crippen LogP contribution in [0.4, 0.5) is 0 Å². The van der Waals surface area contributed by atoms with Crippen molar-refractivity contribution in [2.45, 2.75) is 0 Å². The van der Waals surface area contributed by atoms with Crippen LogP contribution in [0.1, 0.15) is 0 Å². The van der Waals surface area contributed by atoms with E-state index in [1.807, 2.05) is 0 Å². The maximum absolute atomic E-state index is 12.7. The molecule has 150 valence electrons. The van der Waals surface area contributed by atoms with E-state index in [4.69, 9.17) is 0 Å². The van der Waals surface area contributed by atoms with Crippen LogP contribution >= 0.6 is 8.46 Å². The van der Waals surface area contributed by atoms with Gasteiger partial charge in [0.2, 0.25) is 0 Å². The summed E-state index contributed by atoms with van der Waals surface area (Å²) in [5.74, 6) is 0. The maximum atomic E-state index is 12.7. The summed E-state index contributed by atoms with van der Waals surface area (Å²) in [6.07, 6.45) is 0. The van der Waals surface area contributed by atoms with Gasteiger partial charge in [0.1, 0.15) is 0 Å². The van der Waals surface area contributed by atoms with E-state index >= 15 is 0 Å². The van der Waals surface area contributed by atoms with Gasteiger partial charge in [-0.2, -0.15) is 0 Å². The van der Waals surface area contributed by atoms with E-state index in [9.17, 15) is 4.57 Å². The molecule has 0 amide bonds. The van der Waals surface area contributed by atoms with Gasteiger partial charge in [-0.15, -0.1) is 0 Å². The lowest BCUT2D eigenvalue weighted by Crippen LogP contribution is -2.05. The summed E-state index contributed by atoms with van der Waals surface area (Å²) < 4.78 is 12.7. The lowest BCUT2D eigenvalue weighted by atomic mass is 9.90. The van der Waals surface area contributed by atoms with Crippen LogP contribution < -0.4 is 5.30 Å². The van der Waals surface area contributed by atoms with Gasteiger partial charge in [0, 0.05) is 5.56 Å². The third kappa shape index (κ3) is 3.02. The zero-order valence-corrected chi connectivity index (χ0v) is 18.2. The fourth-order valence-electron chi connectivity index (χ4n) is 4.72. The maximum Gasteiger partial charge on any atom is 0.193 e. The second kappa shape index (κ2) is 7.71. The van der Waals surface area contributed by atoms with Crippen LogP contribution in [0.2, 0.25) is 0 Å². The topological polar surface area (TPSA) is 17.1 Å². The van der Waals surface area contributed by atoms with E-state index in [0.717, 1.165) is 38.3 Å². The highest BCUT2D eigenvalue weighted by Crippen LogP contribution is 2.38. The monoisotopic (exact) mass is 426 g/mol. The quantitative estimate of drug-likeness (QED) is 0.260. The fraction of sp³-hybridized carbons (Fsp3) is 0. The normalized spacial score (nSPS) is 11.5. The van der Waals surface area contributed by atoms with Crippen LogP contribution in [0, 0.1) is 0 Å². The van der Waals surface area contributed by atoms with Crippen molar-refractivity contribution >= 4 is 46.1 Å².